The van der Waals surface area contributed by atoms with Crippen molar-refractivity contribution in [2.24, 2.45) is 5.92 Å². The molecular weight excluding hydrogens is 129 g/mol. The van der Waals surface area contributed by atoms with Crippen molar-refractivity contribution in [1.29, 1.82) is 0 Å². The van der Waals surface area contributed by atoms with E-state index in [1.54, 1.807) is 0 Å². The first kappa shape index (κ1) is 9.39. The van der Waals surface area contributed by atoms with Gasteiger partial charge in [-0.15, -0.1) is 9.24 Å². The van der Waals surface area contributed by atoms with Crippen LogP contribution in [0, 0.1) is 5.92 Å². The minimum atomic E-state index is 0.905. The van der Waals surface area contributed by atoms with Crippen molar-refractivity contribution in [2.45, 2.75) is 19.8 Å². The van der Waals surface area contributed by atoms with E-state index in [9.17, 15) is 0 Å². The Labute approximate surface area is 60.8 Å². The summed E-state index contributed by atoms with van der Waals surface area (Å²) < 4.78 is 0. The van der Waals surface area contributed by atoms with Gasteiger partial charge in [0, 0.05) is 0 Å². The van der Waals surface area contributed by atoms with Gasteiger partial charge in [0.05, 0.1) is 0 Å². The van der Waals surface area contributed by atoms with E-state index in [2.05, 4.69) is 21.5 Å². The standard InChI is InChI=1S/C7H18NP/c1-3-7(6-9)4-5-8-2/h7-8H,3-6,9H2,1-2H3. The SMILES string of the molecule is CCC(CP)CCNC. The zero-order valence-electron chi connectivity index (χ0n) is 6.48. The monoisotopic (exact) mass is 147 g/mol. The second-order valence-corrected chi connectivity index (χ2v) is 2.87. The largest absolute Gasteiger partial charge is 0.320 e. The highest BCUT2D eigenvalue weighted by atomic mass is 31.0. The second-order valence-electron chi connectivity index (χ2n) is 2.40. The number of hydrogen-bond donors (Lipinski definition) is 1. The Morgan fingerprint density at radius 3 is 2.56 bits per heavy atom. The molecule has 0 fully saturated rings. The molecule has 0 aliphatic rings. The van der Waals surface area contributed by atoms with Crippen LogP contribution >= 0.6 is 9.24 Å². The molecule has 0 spiro atoms. The molecule has 2 heteroatoms. The maximum atomic E-state index is 3.16. The van der Waals surface area contributed by atoms with Gasteiger partial charge >= 0.3 is 0 Å². The van der Waals surface area contributed by atoms with E-state index in [4.69, 9.17) is 0 Å². The van der Waals surface area contributed by atoms with Crippen molar-refractivity contribution < 1.29 is 0 Å². The molecule has 0 radical (unpaired) electrons. The summed E-state index contributed by atoms with van der Waals surface area (Å²) in [4.78, 5) is 0. The van der Waals surface area contributed by atoms with E-state index in [-0.39, 0.29) is 0 Å². The van der Waals surface area contributed by atoms with Crippen molar-refractivity contribution in [3.05, 3.63) is 0 Å². The van der Waals surface area contributed by atoms with Gasteiger partial charge in [0.1, 0.15) is 0 Å². The summed E-state index contributed by atoms with van der Waals surface area (Å²) in [6, 6.07) is 0. The summed E-state index contributed by atoms with van der Waals surface area (Å²) in [5.74, 6) is 0.905. The Morgan fingerprint density at radius 1 is 1.56 bits per heavy atom. The molecule has 56 valence electrons. The quantitative estimate of drug-likeness (QED) is 0.581. The molecule has 0 bridgehead atoms. The molecule has 1 N–H and O–H groups in total. The van der Waals surface area contributed by atoms with Crippen LogP contribution in [-0.4, -0.2) is 19.8 Å². The zero-order chi connectivity index (χ0) is 7.11. The molecule has 0 rings (SSSR count). The van der Waals surface area contributed by atoms with Crippen LogP contribution in [0.2, 0.25) is 0 Å². The van der Waals surface area contributed by atoms with Gasteiger partial charge in [0.25, 0.3) is 0 Å². The third kappa shape index (κ3) is 4.87. The normalized spacial score (nSPS) is 13.7. The molecule has 0 aliphatic carbocycles. The first-order valence-corrected chi connectivity index (χ1v) is 4.51. The van der Waals surface area contributed by atoms with Gasteiger partial charge in [-0.3, -0.25) is 0 Å². The van der Waals surface area contributed by atoms with E-state index < -0.39 is 0 Å². The summed E-state index contributed by atoms with van der Waals surface area (Å²) in [6.07, 6.45) is 3.87. The summed E-state index contributed by atoms with van der Waals surface area (Å²) in [7, 11) is 4.82. The Bertz CT molecular complexity index is 52.9. The summed E-state index contributed by atoms with van der Waals surface area (Å²) >= 11 is 0. The van der Waals surface area contributed by atoms with Crippen LogP contribution in [-0.2, 0) is 0 Å². The molecule has 0 saturated carbocycles. The van der Waals surface area contributed by atoms with Gasteiger partial charge in [-0.2, -0.15) is 0 Å². The highest BCUT2D eigenvalue weighted by Gasteiger charge is 2.00. The topological polar surface area (TPSA) is 12.0 Å². The van der Waals surface area contributed by atoms with Gasteiger partial charge in [-0.05, 0) is 32.1 Å². The minimum Gasteiger partial charge on any atom is -0.320 e. The van der Waals surface area contributed by atoms with Crippen LogP contribution in [0.25, 0.3) is 0 Å². The van der Waals surface area contributed by atoms with Gasteiger partial charge in [-0.25, -0.2) is 0 Å². The molecule has 2 unspecified atom stereocenters. The average molecular weight is 147 g/mol. The van der Waals surface area contributed by atoms with E-state index in [0.717, 1.165) is 12.5 Å². The molecule has 0 aromatic rings. The van der Waals surface area contributed by atoms with Crippen molar-refractivity contribution in [3.8, 4) is 0 Å². The summed E-state index contributed by atoms with van der Waals surface area (Å²) in [6.45, 7) is 3.41. The molecule has 0 amide bonds. The average Bonchev–Trinajstić information content (AvgIpc) is 1.91. The predicted octanol–water partition coefficient (Wildman–Crippen LogP) is 1.50. The smallest absolute Gasteiger partial charge is 0.00492 e. The summed E-state index contributed by atoms with van der Waals surface area (Å²) in [5.41, 5.74) is 0. The van der Waals surface area contributed by atoms with Gasteiger partial charge in [0.2, 0.25) is 0 Å². The van der Waals surface area contributed by atoms with E-state index in [1.165, 1.54) is 19.0 Å². The predicted molar refractivity (Wildman–Crippen MR) is 46.9 cm³/mol. The lowest BCUT2D eigenvalue weighted by Gasteiger charge is -2.09. The number of nitrogens with one attached hydrogen (secondary N) is 1. The highest BCUT2D eigenvalue weighted by molar-refractivity contribution is 7.16. The third-order valence-electron chi connectivity index (χ3n) is 1.71. The number of rotatable bonds is 5. The first-order valence-electron chi connectivity index (χ1n) is 3.69. The second kappa shape index (κ2) is 6.51. The molecule has 0 aromatic heterocycles. The fourth-order valence-electron chi connectivity index (χ4n) is 0.837. The van der Waals surface area contributed by atoms with Crippen LogP contribution in [0.5, 0.6) is 0 Å². The molecule has 0 heterocycles. The molecule has 0 aliphatic heterocycles. The van der Waals surface area contributed by atoms with Crippen LogP contribution in [0.3, 0.4) is 0 Å². The van der Waals surface area contributed by atoms with Crippen molar-refractivity contribution in [2.75, 3.05) is 19.8 Å². The Kier molecular flexibility index (Phi) is 6.79. The van der Waals surface area contributed by atoms with E-state index >= 15 is 0 Å². The lowest BCUT2D eigenvalue weighted by molar-refractivity contribution is 0.510. The highest BCUT2D eigenvalue weighted by Crippen LogP contribution is 2.09. The van der Waals surface area contributed by atoms with Crippen LogP contribution in [0.1, 0.15) is 19.8 Å². The minimum absolute atomic E-state index is 0.905. The lowest BCUT2D eigenvalue weighted by Crippen LogP contribution is -2.13. The number of hydrogen-bond acceptors (Lipinski definition) is 1. The zero-order valence-corrected chi connectivity index (χ0v) is 7.64. The first-order chi connectivity index (χ1) is 4.35. The van der Waals surface area contributed by atoms with Gasteiger partial charge in [0.15, 0.2) is 0 Å². The van der Waals surface area contributed by atoms with Crippen LogP contribution in [0.15, 0.2) is 0 Å². The fraction of sp³-hybridized carbons (Fsp3) is 1.00. The Balaban J connectivity index is 3.09. The van der Waals surface area contributed by atoms with E-state index in [1.807, 2.05) is 7.05 Å². The summed E-state index contributed by atoms with van der Waals surface area (Å²) in [5, 5.41) is 3.16. The Morgan fingerprint density at radius 2 is 2.22 bits per heavy atom. The molecule has 1 nitrogen and oxygen atoms in total. The Hall–Kier alpha value is 0.390. The fourth-order valence-corrected chi connectivity index (χ4v) is 1.41. The lowest BCUT2D eigenvalue weighted by atomic mass is 10.1. The van der Waals surface area contributed by atoms with Gasteiger partial charge < -0.3 is 5.32 Å². The molecule has 0 saturated heterocycles. The van der Waals surface area contributed by atoms with Gasteiger partial charge in [-0.1, -0.05) is 13.3 Å². The van der Waals surface area contributed by atoms with Crippen molar-refractivity contribution in [1.82, 2.24) is 5.32 Å². The van der Waals surface area contributed by atoms with E-state index in [0.29, 0.717) is 0 Å². The third-order valence-corrected chi connectivity index (χ3v) is 2.38. The molecule has 2 atom stereocenters. The maximum Gasteiger partial charge on any atom is -0.00492 e. The molecule has 0 aromatic carbocycles. The van der Waals surface area contributed by atoms with Crippen LogP contribution < -0.4 is 5.32 Å². The van der Waals surface area contributed by atoms with Crippen molar-refractivity contribution in [3.63, 3.8) is 0 Å². The molecule has 9 heavy (non-hydrogen) atoms. The maximum absolute atomic E-state index is 3.16. The van der Waals surface area contributed by atoms with Crippen LogP contribution in [0.4, 0.5) is 0 Å². The molecular formula is C7H18NP. The van der Waals surface area contributed by atoms with Crippen molar-refractivity contribution >= 4 is 9.24 Å².